The van der Waals surface area contributed by atoms with Crippen LogP contribution in [0.2, 0.25) is 0 Å². The lowest BCUT2D eigenvalue weighted by molar-refractivity contribution is -0.142. The fraction of sp³-hybridized carbons (Fsp3) is 0.636. The molecule has 1 fully saturated rings. The van der Waals surface area contributed by atoms with Gasteiger partial charge in [0, 0.05) is 20.0 Å². The molecule has 0 radical (unpaired) electrons. The van der Waals surface area contributed by atoms with Gasteiger partial charge in [-0.15, -0.1) is 0 Å². The second kappa shape index (κ2) is 6.33. The minimum Gasteiger partial charge on any atom is -0.481 e. The van der Waals surface area contributed by atoms with E-state index >= 15 is 0 Å². The summed E-state index contributed by atoms with van der Waals surface area (Å²) in [5, 5.41) is 15.2. The number of aromatic nitrogens is 2. The van der Waals surface area contributed by atoms with Crippen LogP contribution in [0.3, 0.4) is 0 Å². The average Bonchev–Trinajstić information content (AvgIpc) is 3.08. The summed E-state index contributed by atoms with van der Waals surface area (Å²) >= 11 is 0. The van der Waals surface area contributed by atoms with Crippen LogP contribution in [0, 0.1) is 5.92 Å². The standard InChI is InChI=1S/C11H16N4O5/c1-15(8-5-19-4-7(8)10(16)17)11(18)12-3-2-9-13-6-14-20-9/h6-8H,2-5H2,1H3,(H,12,18)(H,16,17). The van der Waals surface area contributed by atoms with Gasteiger partial charge in [-0.2, -0.15) is 4.98 Å². The third-order valence-electron chi connectivity index (χ3n) is 3.21. The van der Waals surface area contributed by atoms with Crippen LogP contribution in [0.25, 0.3) is 0 Å². The molecule has 0 saturated carbocycles. The first-order valence-electron chi connectivity index (χ1n) is 6.16. The average molecular weight is 284 g/mol. The fourth-order valence-electron chi connectivity index (χ4n) is 2.02. The largest absolute Gasteiger partial charge is 0.481 e. The van der Waals surface area contributed by atoms with E-state index in [0.717, 1.165) is 0 Å². The van der Waals surface area contributed by atoms with Crippen LogP contribution in [0.1, 0.15) is 5.89 Å². The molecule has 0 aromatic carbocycles. The van der Waals surface area contributed by atoms with E-state index in [0.29, 0.717) is 18.9 Å². The van der Waals surface area contributed by atoms with Gasteiger partial charge in [0.05, 0.1) is 19.3 Å². The molecule has 9 heteroatoms. The number of carboxylic acids is 1. The molecule has 2 rings (SSSR count). The molecule has 2 amide bonds. The van der Waals surface area contributed by atoms with Crippen molar-refractivity contribution >= 4 is 12.0 Å². The molecule has 0 bridgehead atoms. The first-order valence-corrected chi connectivity index (χ1v) is 6.16. The Balaban J connectivity index is 1.80. The molecule has 2 N–H and O–H groups in total. The van der Waals surface area contributed by atoms with E-state index in [1.54, 1.807) is 7.05 Å². The van der Waals surface area contributed by atoms with E-state index in [1.807, 2.05) is 0 Å². The Labute approximate surface area is 114 Å². The van der Waals surface area contributed by atoms with E-state index in [2.05, 4.69) is 15.5 Å². The highest BCUT2D eigenvalue weighted by atomic mass is 16.5. The van der Waals surface area contributed by atoms with Crippen molar-refractivity contribution in [2.75, 3.05) is 26.8 Å². The Kier molecular flexibility index (Phi) is 4.51. The van der Waals surface area contributed by atoms with Gasteiger partial charge in [-0.25, -0.2) is 4.79 Å². The third-order valence-corrected chi connectivity index (χ3v) is 3.21. The Morgan fingerprint density at radius 3 is 3.00 bits per heavy atom. The number of carboxylic acid groups (broad SMARTS) is 1. The van der Waals surface area contributed by atoms with Crippen LogP contribution < -0.4 is 5.32 Å². The van der Waals surface area contributed by atoms with E-state index < -0.39 is 17.9 Å². The SMILES string of the molecule is CN(C(=O)NCCc1ncno1)C1COCC1C(=O)O. The first-order chi connectivity index (χ1) is 9.59. The summed E-state index contributed by atoms with van der Waals surface area (Å²) < 4.78 is 9.93. The van der Waals surface area contributed by atoms with Gasteiger partial charge in [-0.1, -0.05) is 5.16 Å². The van der Waals surface area contributed by atoms with Gasteiger partial charge in [-0.3, -0.25) is 4.79 Å². The molecular weight excluding hydrogens is 268 g/mol. The summed E-state index contributed by atoms with van der Waals surface area (Å²) in [6.45, 7) is 0.681. The van der Waals surface area contributed by atoms with Gasteiger partial charge < -0.3 is 24.6 Å². The molecule has 9 nitrogen and oxygen atoms in total. The predicted octanol–water partition coefficient (Wildman–Crippen LogP) is -0.647. The lowest BCUT2D eigenvalue weighted by Crippen LogP contribution is -2.48. The summed E-state index contributed by atoms with van der Waals surface area (Å²) in [5.74, 6) is -1.22. The van der Waals surface area contributed by atoms with Crippen molar-refractivity contribution in [3.8, 4) is 0 Å². The maximum atomic E-state index is 11.9. The summed E-state index contributed by atoms with van der Waals surface area (Å²) in [5.41, 5.74) is 0. The maximum absolute atomic E-state index is 11.9. The van der Waals surface area contributed by atoms with E-state index in [9.17, 15) is 9.59 Å². The van der Waals surface area contributed by atoms with Crippen LogP contribution in [0.5, 0.6) is 0 Å². The molecule has 1 aliphatic heterocycles. The highest BCUT2D eigenvalue weighted by Crippen LogP contribution is 2.18. The summed E-state index contributed by atoms with van der Waals surface area (Å²) in [6, 6.07) is -0.817. The molecule has 2 unspecified atom stereocenters. The Morgan fingerprint density at radius 2 is 2.35 bits per heavy atom. The number of carbonyl (C=O) groups is 2. The zero-order valence-electron chi connectivity index (χ0n) is 11.0. The molecule has 110 valence electrons. The number of amides is 2. The molecule has 1 aromatic heterocycles. The lowest BCUT2D eigenvalue weighted by Gasteiger charge is -2.26. The number of aliphatic carboxylic acids is 1. The van der Waals surface area contributed by atoms with Gasteiger partial charge in [0.2, 0.25) is 5.89 Å². The molecular formula is C11H16N4O5. The van der Waals surface area contributed by atoms with Crippen molar-refractivity contribution in [2.24, 2.45) is 5.92 Å². The first kappa shape index (κ1) is 14.3. The van der Waals surface area contributed by atoms with Gasteiger partial charge in [0.25, 0.3) is 0 Å². The molecule has 2 heterocycles. The summed E-state index contributed by atoms with van der Waals surface area (Å²) in [6.07, 6.45) is 1.71. The van der Waals surface area contributed by atoms with Crippen molar-refractivity contribution in [3.63, 3.8) is 0 Å². The van der Waals surface area contributed by atoms with Gasteiger partial charge in [0.15, 0.2) is 6.33 Å². The number of hydrogen-bond donors (Lipinski definition) is 2. The highest BCUT2D eigenvalue weighted by Gasteiger charge is 2.38. The lowest BCUT2D eigenvalue weighted by atomic mass is 10.0. The van der Waals surface area contributed by atoms with Crippen LogP contribution in [0.4, 0.5) is 4.79 Å². The number of nitrogens with zero attached hydrogens (tertiary/aromatic N) is 3. The van der Waals surface area contributed by atoms with Gasteiger partial charge in [-0.05, 0) is 0 Å². The quantitative estimate of drug-likeness (QED) is 0.737. The van der Waals surface area contributed by atoms with E-state index in [4.69, 9.17) is 14.4 Å². The number of hydrogen-bond acceptors (Lipinski definition) is 6. The Hall–Kier alpha value is -2.16. The fourth-order valence-corrected chi connectivity index (χ4v) is 2.02. The molecule has 1 aliphatic rings. The normalized spacial score (nSPS) is 21.6. The number of likely N-dealkylation sites (N-methyl/N-ethyl adjacent to an activating group) is 1. The minimum atomic E-state index is -0.960. The van der Waals surface area contributed by atoms with Crippen LogP contribution >= 0.6 is 0 Å². The molecule has 0 aliphatic carbocycles. The Bertz CT molecular complexity index is 463. The molecule has 1 aromatic rings. The topological polar surface area (TPSA) is 118 Å². The second-order valence-corrected chi connectivity index (χ2v) is 4.48. The zero-order valence-corrected chi connectivity index (χ0v) is 11.0. The van der Waals surface area contributed by atoms with Crippen LogP contribution in [-0.2, 0) is 16.0 Å². The van der Waals surface area contributed by atoms with Gasteiger partial charge in [0.1, 0.15) is 5.92 Å². The maximum Gasteiger partial charge on any atom is 0.317 e. The minimum absolute atomic E-state index is 0.125. The second-order valence-electron chi connectivity index (χ2n) is 4.48. The van der Waals surface area contributed by atoms with E-state index in [1.165, 1.54) is 11.2 Å². The third kappa shape index (κ3) is 3.23. The molecule has 2 atom stereocenters. The van der Waals surface area contributed by atoms with Crippen molar-refractivity contribution in [2.45, 2.75) is 12.5 Å². The Morgan fingerprint density at radius 1 is 1.55 bits per heavy atom. The van der Waals surface area contributed by atoms with E-state index in [-0.39, 0.29) is 19.2 Å². The van der Waals surface area contributed by atoms with Gasteiger partial charge >= 0.3 is 12.0 Å². The number of rotatable bonds is 5. The molecule has 1 saturated heterocycles. The number of urea groups is 1. The monoisotopic (exact) mass is 284 g/mol. The number of ether oxygens (including phenoxy) is 1. The van der Waals surface area contributed by atoms with Crippen LogP contribution in [0.15, 0.2) is 10.9 Å². The van der Waals surface area contributed by atoms with Crippen LogP contribution in [-0.4, -0.2) is 65.0 Å². The smallest absolute Gasteiger partial charge is 0.317 e. The molecule has 20 heavy (non-hydrogen) atoms. The predicted molar refractivity (Wildman–Crippen MR) is 64.9 cm³/mol. The number of carbonyl (C=O) groups excluding carboxylic acids is 1. The van der Waals surface area contributed by atoms with Crippen molar-refractivity contribution < 1.29 is 24.0 Å². The summed E-state index contributed by atoms with van der Waals surface area (Å²) in [7, 11) is 1.55. The summed E-state index contributed by atoms with van der Waals surface area (Å²) in [4.78, 5) is 28.2. The zero-order chi connectivity index (χ0) is 14.5. The number of nitrogens with one attached hydrogen (secondary N) is 1. The highest BCUT2D eigenvalue weighted by molar-refractivity contribution is 5.77. The van der Waals surface area contributed by atoms with Crippen molar-refractivity contribution in [3.05, 3.63) is 12.2 Å². The molecule has 0 spiro atoms. The van der Waals surface area contributed by atoms with Crippen molar-refractivity contribution in [1.29, 1.82) is 0 Å². The van der Waals surface area contributed by atoms with Crippen molar-refractivity contribution in [1.82, 2.24) is 20.4 Å².